The second kappa shape index (κ2) is 7.17. The highest BCUT2D eigenvalue weighted by Gasteiger charge is 2.23. The molecule has 0 bridgehead atoms. The lowest BCUT2D eigenvalue weighted by Crippen LogP contribution is -2.34. The van der Waals surface area contributed by atoms with Crippen LogP contribution in [0.25, 0.3) is 5.57 Å². The molecule has 6 nitrogen and oxygen atoms in total. The summed E-state index contributed by atoms with van der Waals surface area (Å²) in [5.74, 6) is -0.0689. The molecular weight excluding hydrogens is 320 g/mol. The molecule has 1 aliphatic rings. The lowest BCUT2D eigenvalue weighted by Gasteiger charge is -2.26. The summed E-state index contributed by atoms with van der Waals surface area (Å²) < 4.78 is 4.97. The minimum absolute atomic E-state index is 0.145. The largest absolute Gasteiger partial charge is 0.490 e. The van der Waals surface area contributed by atoms with Crippen LogP contribution in [0.4, 0.5) is 5.69 Å². The first kappa shape index (κ1) is 16.7. The average Bonchev–Trinajstić information content (AvgIpc) is 2.67. The summed E-state index contributed by atoms with van der Waals surface area (Å²) in [7, 11) is 1.37. The van der Waals surface area contributed by atoms with Gasteiger partial charge in [-0.1, -0.05) is 36.4 Å². The number of ether oxygens (including phenoxy) is 1. The Kier molecular flexibility index (Phi) is 4.79. The van der Waals surface area contributed by atoms with Gasteiger partial charge in [-0.15, -0.1) is 0 Å². The molecule has 0 N–H and O–H groups in total. The van der Waals surface area contributed by atoms with Crippen molar-refractivity contribution in [2.45, 2.75) is 6.42 Å². The van der Waals surface area contributed by atoms with Crippen molar-refractivity contribution in [1.82, 2.24) is 4.90 Å². The second-order valence-electron chi connectivity index (χ2n) is 5.74. The van der Waals surface area contributed by atoms with Gasteiger partial charge in [0, 0.05) is 24.7 Å². The van der Waals surface area contributed by atoms with Crippen LogP contribution >= 0.6 is 0 Å². The van der Waals surface area contributed by atoms with E-state index in [1.54, 1.807) is 11.0 Å². The van der Waals surface area contributed by atoms with E-state index in [2.05, 4.69) is 12.1 Å². The Balaban J connectivity index is 1.78. The predicted octanol–water partition coefficient (Wildman–Crippen LogP) is 3.53. The topological polar surface area (TPSA) is 72.7 Å². The summed E-state index contributed by atoms with van der Waals surface area (Å²) in [6, 6.07) is 14.3. The van der Waals surface area contributed by atoms with Gasteiger partial charge in [0.2, 0.25) is 0 Å². The van der Waals surface area contributed by atoms with Crippen molar-refractivity contribution in [3.05, 3.63) is 75.8 Å². The highest BCUT2D eigenvalue weighted by atomic mass is 16.6. The van der Waals surface area contributed by atoms with Crippen LogP contribution in [0.2, 0.25) is 0 Å². The molecule has 2 aromatic rings. The molecule has 0 fully saturated rings. The van der Waals surface area contributed by atoms with Crippen LogP contribution in [0, 0.1) is 10.1 Å². The molecule has 1 aliphatic heterocycles. The SMILES string of the molecule is COc1ccc(C(=O)N2CC=C(c3ccccc3)CC2)cc1[N+](=O)[O-]. The minimum atomic E-state index is -0.542. The molecule has 25 heavy (non-hydrogen) atoms. The van der Waals surface area contributed by atoms with E-state index in [4.69, 9.17) is 4.74 Å². The third-order valence-corrected chi connectivity index (χ3v) is 4.26. The number of nitro groups is 1. The molecule has 0 unspecified atom stereocenters. The van der Waals surface area contributed by atoms with Gasteiger partial charge in [-0.05, 0) is 29.7 Å². The fourth-order valence-electron chi connectivity index (χ4n) is 2.92. The Labute approximate surface area is 145 Å². The number of rotatable bonds is 4. The average molecular weight is 338 g/mol. The maximum atomic E-state index is 12.7. The summed E-state index contributed by atoms with van der Waals surface area (Å²) in [6.07, 6.45) is 2.79. The van der Waals surface area contributed by atoms with Gasteiger partial charge in [0.25, 0.3) is 5.91 Å². The molecule has 0 spiro atoms. The van der Waals surface area contributed by atoms with Gasteiger partial charge in [0.1, 0.15) is 0 Å². The lowest BCUT2D eigenvalue weighted by molar-refractivity contribution is -0.385. The molecule has 6 heteroatoms. The number of carbonyl (C=O) groups excluding carboxylic acids is 1. The number of benzene rings is 2. The molecule has 0 atom stereocenters. The van der Waals surface area contributed by atoms with Gasteiger partial charge in [0.15, 0.2) is 5.75 Å². The van der Waals surface area contributed by atoms with Gasteiger partial charge < -0.3 is 9.64 Å². The van der Waals surface area contributed by atoms with Gasteiger partial charge in [-0.3, -0.25) is 14.9 Å². The molecule has 3 rings (SSSR count). The number of hydrogen-bond acceptors (Lipinski definition) is 4. The number of nitro benzene ring substituents is 1. The number of carbonyl (C=O) groups is 1. The smallest absolute Gasteiger partial charge is 0.311 e. The highest BCUT2D eigenvalue weighted by molar-refractivity contribution is 5.95. The Bertz CT molecular complexity index is 831. The Hall–Kier alpha value is -3.15. The maximum absolute atomic E-state index is 12.7. The molecule has 1 amide bonds. The Morgan fingerprint density at radius 1 is 1.20 bits per heavy atom. The number of methoxy groups -OCH3 is 1. The molecule has 2 aromatic carbocycles. The van der Waals surface area contributed by atoms with Crippen molar-refractivity contribution < 1.29 is 14.5 Å². The van der Waals surface area contributed by atoms with Crippen molar-refractivity contribution in [1.29, 1.82) is 0 Å². The molecular formula is C19H18N2O4. The van der Waals surface area contributed by atoms with E-state index < -0.39 is 4.92 Å². The normalized spacial score (nSPS) is 14.0. The quantitative estimate of drug-likeness (QED) is 0.631. The summed E-state index contributed by atoms with van der Waals surface area (Å²) in [4.78, 5) is 24.9. The minimum Gasteiger partial charge on any atom is -0.490 e. The summed E-state index contributed by atoms with van der Waals surface area (Å²) in [5, 5.41) is 11.1. The Morgan fingerprint density at radius 2 is 1.96 bits per heavy atom. The van der Waals surface area contributed by atoms with E-state index in [0.717, 1.165) is 12.0 Å². The molecule has 0 radical (unpaired) electrons. The Morgan fingerprint density at radius 3 is 2.56 bits per heavy atom. The first-order valence-corrected chi connectivity index (χ1v) is 7.96. The van der Waals surface area contributed by atoms with E-state index in [-0.39, 0.29) is 17.3 Å². The van der Waals surface area contributed by atoms with E-state index in [0.29, 0.717) is 18.7 Å². The van der Waals surface area contributed by atoms with E-state index in [1.165, 1.54) is 24.8 Å². The first-order valence-electron chi connectivity index (χ1n) is 7.96. The summed E-state index contributed by atoms with van der Waals surface area (Å²) in [5.41, 5.74) is 2.47. The summed E-state index contributed by atoms with van der Waals surface area (Å²) in [6.45, 7) is 1.07. The van der Waals surface area contributed by atoms with Gasteiger partial charge >= 0.3 is 5.69 Å². The van der Waals surface area contributed by atoms with Gasteiger partial charge in [-0.25, -0.2) is 0 Å². The zero-order valence-electron chi connectivity index (χ0n) is 13.8. The fourth-order valence-corrected chi connectivity index (χ4v) is 2.92. The molecule has 0 aliphatic carbocycles. The first-order chi connectivity index (χ1) is 12.1. The zero-order chi connectivity index (χ0) is 17.8. The van der Waals surface area contributed by atoms with Crippen LogP contribution in [0.5, 0.6) is 5.75 Å². The molecule has 1 heterocycles. The molecule has 0 saturated carbocycles. The van der Waals surface area contributed by atoms with Crippen molar-refractivity contribution in [3.8, 4) is 5.75 Å². The molecule has 0 aromatic heterocycles. The van der Waals surface area contributed by atoms with Crippen molar-refractivity contribution in [2.75, 3.05) is 20.2 Å². The van der Waals surface area contributed by atoms with Crippen LogP contribution < -0.4 is 4.74 Å². The van der Waals surface area contributed by atoms with Crippen molar-refractivity contribution in [3.63, 3.8) is 0 Å². The van der Waals surface area contributed by atoms with Crippen LogP contribution in [-0.2, 0) is 0 Å². The van der Waals surface area contributed by atoms with Crippen LogP contribution in [-0.4, -0.2) is 35.9 Å². The van der Waals surface area contributed by atoms with E-state index in [1.807, 2.05) is 24.3 Å². The molecule has 0 saturated heterocycles. The lowest BCUT2D eigenvalue weighted by atomic mass is 9.99. The van der Waals surface area contributed by atoms with Crippen LogP contribution in [0.3, 0.4) is 0 Å². The van der Waals surface area contributed by atoms with E-state index >= 15 is 0 Å². The number of amides is 1. The third kappa shape index (κ3) is 3.52. The highest BCUT2D eigenvalue weighted by Crippen LogP contribution is 2.29. The molecule has 128 valence electrons. The number of hydrogen-bond donors (Lipinski definition) is 0. The number of nitrogens with zero attached hydrogens (tertiary/aromatic N) is 2. The van der Waals surface area contributed by atoms with Gasteiger partial charge in [-0.2, -0.15) is 0 Å². The van der Waals surface area contributed by atoms with Crippen LogP contribution in [0.15, 0.2) is 54.6 Å². The van der Waals surface area contributed by atoms with E-state index in [9.17, 15) is 14.9 Å². The van der Waals surface area contributed by atoms with Gasteiger partial charge in [0.05, 0.1) is 12.0 Å². The monoisotopic (exact) mass is 338 g/mol. The zero-order valence-corrected chi connectivity index (χ0v) is 13.8. The van der Waals surface area contributed by atoms with Crippen molar-refractivity contribution >= 4 is 17.2 Å². The fraction of sp³-hybridized carbons (Fsp3) is 0.211. The maximum Gasteiger partial charge on any atom is 0.311 e. The van der Waals surface area contributed by atoms with Crippen LogP contribution in [0.1, 0.15) is 22.3 Å². The standard InChI is InChI=1S/C19H18N2O4/c1-25-18-8-7-16(13-17(18)21(23)24)19(22)20-11-9-15(10-12-20)14-5-3-2-4-6-14/h2-9,13H,10-12H2,1H3. The van der Waals surface area contributed by atoms with Crippen molar-refractivity contribution in [2.24, 2.45) is 0 Å². The summed E-state index contributed by atoms with van der Waals surface area (Å²) >= 11 is 0. The third-order valence-electron chi connectivity index (χ3n) is 4.26. The second-order valence-corrected chi connectivity index (χ2v) is 5.74. The predicted molar refractivity (Wildman–Crippen MR) is 94.6 cm³/mol.